The molecule has 1 aliphatic heterocycles. The van der Waals surface area contributed by atoms with Crippen LogP contribution in [0.15, 0.2) is 24.3 Å². The fraction of sp³-hybridized carbons (Fsp3) is 0.385. The molecular weight excluding hydrogens is 243 g/mol. The summed E-state index contributed by atoms with van der Waals surface area (Å²) in [5, 5.41) is 12.2. The van der Waals surface area contributed by atoms with Crippen LogP contribution in [0.5, 0.6) is 0 Å². The van der Waals surface area contributed by atoms with Gasteiger partial charge in [0, 0.05) is 25.2 Å². The average molecular weight is 260 g/mol. The molecule has 0 bridgehead atoms. The van der Waals surface area contributed by atoms with Crippen LogP contribution in [-0.4, -0.2) is 48.8 Å². The van der Waals surface area contributed by atoms with Crippen molar-refractivity contribution in [2.45, 2.75) is 19.1 Å². The van der Waals surface area contributed by atoms with Crippen LogP contribution in [0.1, 0.15) is 22.3 Å². The van der Waals surface area contributed by atoms with E-state index < -0.39 is 6.10 Å². The monoisotopic (exact) mass is 260 g/mol. The van der Waals surface area contributed by atoms with Crippen LogP contribution < -0.4 is 5.32 Å². The molecule has 0 aromatic heterocycles. The van der Waals surface area contributed by atoms with Crippen LogP contribution in [-0.2, 0) is 6.54 Å². The molecule has 1 aromatic rings. The first-order chi connectivity index (χ1) is 9.06. The highest BCUT2D eigenvalue weighted by molar-refractivity contribution is 6.57. The Morgan fingerprint density at radius 1 is 1.47 bits per heavy atom. The Labute approximate surface area is 113 Å². The molecule has 2 amide bonds. The molecule has 6 heteroatoms. The Morgan fingerprint density at radius 3 is 2.89 bits per heavy atom. The Morgan fingerprint density at radius 2 is 2.26 bits per heavy atom. The van der Waals surface area contributed by atoms with Gasteiger partial charge in [-0.25, -0.2) is 0 Å². The van der Waals surface area contributed by atoms with Gasteiger partial charge in [-0.15, -0.1) is 0 Å². The van der Waals surface area contributed by atoms with Crippen molar-refractivity contribution < 1.29 is 14.7 Å². The highest BCUT2D eigenvalue weighted by atomic mass is 16.3. The molecule has 19 heavy (non-hydrogen) atoms. The van der Waals surface area contributed by atoms with E-state index in [0.717, 1.165) is 5.56 Å². The maximum absolute atomic E-state index is 12.2. The number of nitrogens with one attached hydrogen (secondary N) is 1. The molecule has 0 aliphatic carbocycles. The number of benzene rings is 1. The van der Waals surface area contributed by atoms with E-state index in [1.807, 2.05) is 6.07 Å². The van der Waals surface area contributed by atoms with Gasteiger partial charge in [0.15, 0.2) is 5.81 Å². The number of likely N-dealkylation sites (tertiary alicyclic amines) is 1. The lowest BCUT2D eigenvalue weighted by Crippen LogP contribution is -2.29. The third-order valence-corrected chi connectivity index (χ3v) is 3.17. The van der Waals surface area contributed by atoms with Crippen LogP contribution >= 0.6 is 0 Å². The number of hydrogen-bond acceptors (Lipinski definition) is 3. The summed E-state index contributed by atoms with van der Waals surface area (Å²) in [6, 6.07) is 7.20. The van der Waals surface area contributed by atoms with Gasteiger partial charge in [0.25, 0.3) is 5.91 Å². The lowest BCUT2D eigenvalue weighted by atomic mass is 10.1. The Bertz CT molecular complexity index is 493. The number of rotatable bonds is 3. The van der Waals surface area contributed by atoms with Crippen molar-refractivity contribution in [1.82, 2.24) is 10.2 Å². The van der Waals surface area contributed by atoms with Gasteiger partial charge in [-0.3, -0.25) is 9.59 Å². The summed E-state index contributed by atoms with van der Waals surface area (Å²) in [5.41, 5.74) is 1.48. The van der Waals surface area contributed by atoms with Gasteiger partial charge in [-0.2, -0.15) is 0 Å². The number of aliphatic hydroxyl groups is 1. The van der Waals surface area contributed by atoms with Crippen molar-refractivity contribution in [3.63, 3.8) is 0 Å². The summed E-state index contributed by atoms with van der Waals surface area (Å²) < 4.78 is 0. The molecule has 0 spiro atoms. The predicted octanol–water partition coefficient (Wildman–Crippen LogP) is -0.264. The zero-order chi connectivity index (χ0) is 13.8. The highest BCUT2D eigenvalue weighted by Crippen LogP contribution is 2.14. The molecule has 1 fully saturated rings. The first-order valence-electron chi connectivity index (χ1n) is 6.37. The minimum absolute atomic E-state index is 0.0683. The predicted molar refractivity (Wildman–Crippen MR) is 73.7 cm³/mol. The third kappa shape index (κ3) is 3.57. The van der Waals surface area contributed by atoms with E-state index in [4.69, 9.17) is 0 Å². The molecule has 1 saturated heterocycles. The molecule has 0 radical (unpaired) electrons. The molecule has 1 aliphatic rings. The molecule has 2 rings (SSSR count). The van der Waals surface area contributed by atoms with E-state index in [1.54, 1.807) is 23.1 Å². The highest BCUT2D eigenvalue weighted by Gasteiger charge is 2.25. The number of hydrogen-bond donors (Lipinski definition) is 2. The van der Waals surface area contributed by atoms with Gasteiger partial charge in [0.05, 0.1) is 6.10 Å². The molecule has 1 atom stereocenters. The summed E-state index contributed by atoms with van der Waals surface area (Å²) >= 11 is 0. The molecule has 100 valence electrons. The number of β-amino-alcohol motifs (C(OH)–C–C–N with tert-alkyl or cyclic N) is 1. The Hall–Kier alpha value is -1.82. The second-order valence-corrected chi connectivity index (χ2v) is 4.80. The van der Waals surface area contributed by atoms with Crippen molar-refractivity contribution in [2.24, 2.45) is 0 Å². The fourth-order valence-corrected chi connectivity index (χ4v) is 2.15. The summed E-state index contributed by atoms with van der Waals surface area (Å²) in [5.74, 6) is -0.166. The topological polar surface area (TPSA) is 69.6 Å². The SMILES string of the molecule is BC(=O)NCc1cccc(C(=O)N2CC[C@H](O)C2)c1. The van der Waals surface area contributed by atoms with Crippen LogP contribution in [0.2, 0.25) is 0 Å². The number of carbonyl (C=O) groups is 2. The largest absolute Gasteiger partial charge is 0.391 e. The fourth-order valence-electron chi connectivity index (χ4n) is 2.15. The summed E-state index contributed by atoms with van der Waals surface area (Å²) in [6.45, 7) is 1.41. The maximum atomic E-state index is 12.2. The van der Waals surface area contributed by atoms with Crippen molar-refractivity contribution in [3.8, 4) is 0 Å². The standard InChI is InChI=1S/C13H17BN2O3/c14-13(19)15-7-9-2-1-3-10(6-9)12(18)16-5-4-11(17)8-16/h1-3,6,11,17H,4-5,7-8,14H2,(H,15,19)/t11-/m0/s1. The Balaban J connectivity index is 2.05. The maximum Gasteiger partial charge on any atom is 0.253 e. The molecule has 0 unspecified atom stereocenters. The first kappa shape index (κ1) is 13.6. The van der Waals surface area contributed by atoms with Crippen molar-refractivity contribution in [1.29, 1.82) is 0 Å². The van der Waals surface area contributed by atoms with Gasteiger partial charge in [0.1, 0.15) is 0 Å². The zero-order valence-electron chi connectivity index (χ0n) is 10.9. The smallest absolute Gasteiger partial charge is 0.253 e. The third-order valence-electron chi connectivity index (χ3n) is 3.17. The van der Waals surface area contributed by atoms with Gasteiger partial charge in [0.2, 0.25) is 7.85 Å². The first-order valence-corrected chi connectivity index (χ1v) is 6.37. The van der Waals surface area contributed by atoms with Crippen LogP contribution in [0.25, 0.3) is 0 Å². The molecule has 1 aromatic carbocycles. The lowest BCUT2D eigenvalue weighted by Gasteiger charge is -2.16. The van der Waals surface area contributed by atoms with E-state index >= 15 is 0 Å². The minimum atomic E-state index is -0.411. The normalized spacial score (nSPS) is 18.4. The quantitative estimate of drug-likeness (QED) is 0.735. The molecular formula is C13H17BN2O3. The van der Waals surface area contributed by atoms with Gasteiger partial charge in [-0.05, 0) is 24.1 Å². The number of nitrogens with zero attached hydrogens (tertiary/aromatic N) is 1. The summed E-state index contributed by atoms with van der Waals surface area (Å²) in [6.07, 6.45) is 0.226. The van der Waals surface area contributed by atoms with Crippen molar-refractivity contribution in [2.75, 3.05) is 13.1 Å². The average Bonchev–Trinajstić information content (AvgIpc) is 2.82. The second kappa shape index (κ2) is 5.88. The van der Waals surface area contributed by atoms with E-state index in [2.05, 4.69) is 5.32 Å². The van der Waals surface area contributed by atoms with E-state index in [-0.39, 0.29) is 11.7 Å². The Kier molecular flexibility index (Phi) is 4.22. The van der Waals surface area contributed by atoms with E-state index in [9.17, 15) is 14.7 Å². The summed E-state index contributed by atoms with van der Waals surface area (Å²) in [7, 11) is 1.46. The number of aliphatic hydroxyl groups excluding tert-OH is 1. The van der Waals surface area contributed by atoms with E-state index in [0.29, 0.717) is 31.6 Å². The summed E-state index contributed by atoms with van der Waals surface area (Å²) in [4.78, 5) is 24.7. The molecule has 1 heterocycles. The molecule has 5 nitrogen and oxygen atoms in total. The van der Waals surface area contributed by atoms with E-state index in [1.165, 1.54) is 7.85 Å². The van der Waals surface area contributed by atoms with Gasteiger partial charge in [-0.1, -0.05) is 12.1 Å². The minimum Gasteiger partial charge on any atom is -0.391 e. The van der Waals surface area contributed by atoms with Gasteiger partial charge >= 0.3 is 0 Å². The lowest BCUT2D eigenvalue weighted by molar-refractivity contribution is 0.0765. The van der Waals surface area contributed by atoms with Crippen molar-refractivity contribution >= 4 is 19.6 Å². The van der Waals surface area contributed by atoms with Gasteiger partial charge < -0.3 is 15.3 Å². The number of amides is 2. The number of carbonyl (C=O) groups excluding carboxylic acids is 2. The second-order valence-electron chi connectivity index (χ2n) is 4.80. The molecule has 0 saturated carbocycles. The molecule has 2 N–H and O–H groups in total. The van der Waals surface area contributed by atoms with Crippen LogP contribution in [0.3, 0.4) is 0 Å². The van der Waals surface area contributed by atoms with Crippen LogP contribution in [0, 0.1) is 0 Å². The zero-order valence-corrected chi connectivity index (χ0v) is 10.9. The van der Waals surface area contributed by atoms with Crippen LogP contribution in [0.4, 0.5) is 4.79 Å². The van der Waals surface area contributed by atoms with Crippen molar-refractivity contribution in [3.05, 3.63) is 35.4 Å².